The van der Waals surface area contributed by atoms with Crippen LogP contribution in [0.5, 0.6) is 0 Å². The highest BCUT2D eigenvalue weighted by molar-refractivity contribution is 7.91. The lowest BCUT2D eigenvalue weighted by molar-refractivity contribution is 0.1000. The highest BCUT2D eigenvalue weighted by Gasteiger charge is 2.27. The molecule has 164 valence electrons. The number of carbonyl (C=O) groups is 2. The number of sulfone groups is 1. The minimum atomic E-state index is -3.42. The zero-order valence-corrected chi connectivity index (χ0v) is 19.4. The molecule has 30 heavy (non-hydrogen) atoms. The van der Waals surface area contributed by atoms with Crippen molar-refractivity contribution in [1.29, 1.82) is 0 Å². The van der Waals surface area contributed by atoms with E-state index in [0.29, 0.717) is 17.0 Å². The second-order valence-electron chi connectivity index (χ2n) is 6.98. The molecule has 0 fully saturated rings. The molecule has 0 radical (unpaired) electrons. The van der Waals surface area contributed by atoms with E-state index in [-0.39, 0.29) is 28.6 Å². The van der Waals surface area contributed by atoms with Crippen molar-refractivity contribution in [2.45, 2.75) is 38.1 Å². The van der Waals surface area contributed by atoms with E-state index in [1.165, 1.54) is 29.5 Å². The number of thiophene rings is 1. The molecule has 1 aromatic heterocycles. The van der Waals surface area contributed by atoms with E-state index < -0.39 is 21.7 Å². The molecule has 3 rings (SSSR count). The third-order valence-electron chi connectivity index (χ3n) is 4.98. The van der Waals surface area contributed by atoms with Crippen LogP contribution in [0.1, 0.15) is 51.4 Å². The van der Waals surface area contributed by atoms with Crippen molar-refractivity contribution < 1.29 is 18.0 Å². The molecule has 0 unspecified atom stereocenters. The van der Waals surface area contributed by atoms with Gasteiger partial charge in [-0.15, -0.1) is 23.7 Å². The first kappa shape index (κ1) is 24.3. The average Bonchev–Trinajstić information content (AvgIpc) is 3.05. The number of hydrogen-bond acceptors (Lipinski definition) is 6. The summed E-state index contributed by atoms with van der Waals surface area (Å²) in [5, 5.41) is 3.20. The van der Waals surface area contributed by atoms with Crippen LogP contribution in [0.15, 0.2) is 29.2 Å². The average molecular weight is 472 g/mol. The van der Waals surface area contributed by atoms with Crippen molar-refractivity contribution in [3.8, 4) is 0 Å². The van der Waals surface area contributed by atoms with Crippen LogP contribution >= 0.6 is 23.7 Å². The third kappa shape index (κ3) is 5.03. The molecule has 0 saturated carbocycles. The van der Waals surface area contributed by atoms with Gasteiger partial charge in [0.25, 0.3) is 11.8 Å². The zero-order valence-electron chi connectivity index (χ0n) is 16.9. The molecule has 1 aromatic carbocycles. The summed E-state index contributed by atoms with van der Waals surface area (Å²) in [6.07, 6.45) is 1.76. The lowest BCUT2D eigenvalue weighted by Crippen LogP contribution is -2.31. The normalized spacial score (nSPS) is 13.9. The second kappa shape index (κ2) is 9.91. The summed E-state index contributed by atoms with van der Waals surface area (Å²) in [7, 11) is -3.42. The Morgan fingerprint density at radius 3 is 2.63 bits per heavy atom. The topological polar surface area (TPSA) is 110 Å². The fourth-order valence-electron chi connectivity index (χ4n) is 3.48. The number of nitrogens with one attached hydrogen (secondary N) is 1. The molecule has 0 spiro atoms. The molecular formula is C20H26ClN3O4S2. The largest absolute Gasteiger partial charge is 0.365 e. The molecule has 7 nitrogen and oxygen atoms in total. The number of carbonyl (C=O) groups excluding carboxylic acids is 2. The highest BCUT2D eigenvalue weighted by Crippen LogP contribution is 2.37. The van der Waals surface area contributed by atoms with Crippen LogP contribution in [-0.2, 0) is 22.8 Å². The number of hydrogen-bond donors (Lipinski definition) is 2. The molecule has 1 aliphatic heterocycles. The summed E-state index contributed by atoms with van der Waals surface area (Å²) in [5.74, 6) is -1.08. The smallest absolute Gasteiger partial charge is 0.256 e. The molecule has 0 atom stereocenters. The first-order chi connectivity index (χ1) is 13.8. The fourth-order valence-corrected chi connectivity index (χ4v) is 5.70. The van der Waals surface area contributed by atoms with Crippen molar-refractivity contribution in [3.63, 3.8) is 0 Å². The predicted molar refractivity (Wildman–Crippen MR) is 121 cm³/mol. The maximum Gasteiger partial charge on any atom is 0.256 e. The molecule has 0 bridgehead atoms. The summed E-state index contributed by atoms with van der Waals surface area (Å²) in [6, 6.07) is 5.91. The highest BCUT2D eigenvalue weighted by atomic mass is 35.5. The van der Waals surface area contributed by atoms with Gasteiger partial charge in [0.15, 0.2) is 9.84 Å². The van der Waals surface area contributed by atoms with Gasteiger partial charge in [-0.3, -0.25) is 14.5 Å². The van der Waals surface area contributed by atoms with Gasteiger partial charge < -0.3 is 11.1 Å². The summed E-state index contributed by atoms with van der Waals surface area (Å²) < 4.78 is 24.2. The first-order valence-corrected chi connectivity index (χ1v) is 12.0. The lowest BCUT2D eigenvalue weighted by Gasteiger charge is -2.26. The quantitative estimate of drug-likeness (QED) is 0.644. The number of anilines is 1. The Balaban J connectivity index is 0.00000320. The Kier molecular flexibility index (Phi) is 8.04. The van der Waals surface area contributed by atoms with Crippen LogP contribution in [0.25, 0.3) is 0 Å². The van der Waals surface area contributed by atoms with Gasteiger partial charge in [0.1, 0.15) is 5.00 Å². The molecule has 0 saturated heterocycles. The summed E-state index contributed by atoms with van der Waals surface area (Å²) in [4.78, 5) is 28.3. The van der Waals surface area contributed by atoms with E-state index in [0.717, 1.165) is 36.5 Å². The number of nitrogens with two attached hydrogens (primary N) is 1. The van der Waals surface area contributed by atoms with Crippen molar-refractivity contribution in [2.24, 2.45) is 5.73 Å². The van der Waals surface area contributed by atoms with E-state index in [4.69, 9.17) is 5.73 Å². The zero-order chi connectivity index (χ0) is 21.2. The Hall–Kier alpha value is -1.94. The number of benzene rings is 1. The SMILES string of the molecule is CCCN1CCc2c(sc(NC(=O)c3cccc(S(=O)(=O)CC)c3)c2C(N)=O)C1.Cl. The number of nitrogens with zero attached hydrogens (tertiary/aromatic N) is 1. The van der Waals surface area contributed by atoms with Crippen LogP contribution < -0.4 is 11.1 Å². The van der Waals surface area contributed by atoms with Gasteiger partial charge in [-0.05, 0) is 43.1 Å². The van der Waals surface area contributed by atoms with Crippen LogP contribution in [0, 0.1) is 0 Å². The van der Waals surface area contributed by atoms with E-state index in [1.54, 1.807) is 13.0 Å². The maximum atomic E-state index is 12.8. The monoisotopic (exact) mass is 471 g/mol. The molecule has 10 heteroatoms. The minimum Gasteiger partial charge on any atom is -0.365 e. The van der Waals surface area contributed by atoms with E-state index in [1.807, 2.05) is 0 Å². The van der Waals surface area contributed by atoms with Gasteiger partial charge >= 0.3 is 0 Å². The molecule has 2 heterocycles. The molecular weight excluding hydrogens is 446 g/mol. The Labute approximate surface area is 187 Å². The van der Waals surface area contributed by atoms with Crippen LogP contribution in [-0.4, -0.2) is 44.0 Å². The Morgan fingerprint density at radius 1 is 1.27 bits per heavy atom. The van der Waals surface area contributed by atoms with E-state index in [2.05, 4.69) is 17.1 Å². The van der Waals surface area contributed by atoms with Crippen molar-refractivity contribution in [3.05, 3.63) is 45.8 Å². The van der Waals surface area contributed by atoms with Crippen molar-refractivity contribution in [2.75, 3.05) is 24.2 Å². The van der Waals surface area contributed by atoms with Crippen LogP contribution in [0.3, 0.4) is 0 Å². The Bertz CT molecular complexity index is 1050. The number of halogens is 1. The standard InChI is InChI=1S/C20H25N3O4S2.ClH/c1-3-9-23-10-8-15-16(12-23)28-20(17(15)18(21)24)22-19(25)13-6-5-7-14(11-13)29(26,27)4-2;/h5-7,11H,3-4,8-10,12H2,1-2H3,(H2,21,24)(H,22,25);1H. The number of rotatable bonds is 7. The van der Waals surface area contributed by atoms with E-state index in [9.17, 15) is 18.0 Å². The van der Waals surface area contributed by atoms with Crippen molar-refractivity contribution >= 4 is 50.4 Å². The molecule has 1 aliphatic rings. The van der Waals surface area contributed by atoms with Gasteiger partial charge in [0.2, 0.25) is 0 Å². The first-order valence-electron chi connectivity index (χ1n) is 9.57. The van der Waals surface area contributed by atoms with Crippen LogP contribution in [0.2, 0.25) is 0 Å². The predicted octanol–water partition coefficient (Wildman–Crippen LogP) is 3.08. The van der Waals surface area contributed by atoms with Gasteiger partial charge in [0.05, 0.1) is 16.2 Å². The van der Waals surface area contributed by atoms with Crippen LogP contribution in [0.4, 0.5) is 5.00 Å². The lowest BCUT2D eigenvalue weighted by atomic mass is 10.0. The Morgan fingerprint density at radius 2 is 2.00 bits per heavy atom. The van der Waals surface area contributed by atoms with Crippen molar-refractivity contribution in [1.82, 2.24) is 4.90 Å². The summed E-state index contributed by atoms with van der Waals surface area (Å²) >= 11 is 1.36. The van der Waals surface area contributed by atoms with Gasteiger partial charge in [0, 0.05) is 23.5 Å². The minimum absolute atomic E-state index is 0. The number of amides is 2. The van der Waals surface area contributed by atoms with E-state index >= 15 is 0 Å². The second-order valence-corrected chi connectivity index (χ2v) is 10.4. The maximum absolute atomic E-state index is 12.8. The number of fused-ring (bicyclic) bond motifs is 1. The molecule has 2 amide bonds. The summed E-state index contributed by atoms with van der Waals surface area (Å²) in [6.45, 7) is 6.23. The van der Waals surface area contributed by atoms with Gasteiger partial charge in [-0.25, -0.2) is 8.42 Å². The third-order valence-corrected chi connectivity index (χ3v) is 7.85. The molecule has 0 aliphatic carbocycles. The fraction of sp³-hybridized carbons (Fsp3) is 0.400. The summed E-state index contributed by atoms with van der Waals surface area (Å²) in [5.41, 5.74) is 7.11. The van der Waals surface area contributed by atoms with Gasteiger partial charge in [-0.2, -0.15) is 0 Å². The molecule has 3 N–H and O–H groups in total. The molecule has 2 aromatic rings. The van der Waals surface area contributed by atoms with Gasteiger partial charge in [-0.1, -0.05) is 19.9 Å². The number of primary amides is 1.